The highest BCUT2D eigenvalue weighted by atomic mass is 16.5. The molecule has 0 aliphatic heterocycles. The van der Waals surface area contributed by atoms with Crippen molar-refractivity contribution in [2.75, 3.05) is 18.5 Å². The maximum atomic E-state index is 12.0. The lowest BCUT2D eigenvalue weighted by Crippen LogP contribution is -2.12. The Kier molecular flexibility index (Phi) is 6.18. The van der Waals surface area contributed by atoms with E-state index in [0.717, 1.165) is 12.1 Å². The predicted molar refractivity (Wildman–Crippen MR) is 91.9 cm³/mol. The molecule has 0 aromatic heterocycles. The molecule has 122 valence electrons. The summed E-state index contributed by atoms with van der Waals surface area (Å²) in [5.41, 5.74) is 4.41. The molecule has 0 unspecified atom stereocenters. The average molecular weight is 313 g/mol. The van der Waals surface area contributed by atoms with Crippen molar-refractivity contribution < 1.29 is 14.6 Å². The zero-order valence-electron chi connectivity index (χ0n) is 13.6. The van der Waals surface area contributed by atoms with Gasteiger partial charge in [-0.15, -0.1) is 0 Å². The summed E-state index contributed by atoms with van der Waals surface area (Å²) < 4.78 is 5.28. The fraction of sp³-hybridized carbons (Fsp3) is 0.316. The van der Waals surface area contributed by atoms with Crippen LogP contribution in [0, 0.1) is 13.8 Å². The van der Waals surface area contributed by atoms with Crippen LogP contribution in [0.3, 0.4) is 0 Å². The second-order valence-electron chi connectivity index (χ2n) is 5.57. The van der Waals surface area contributed by atoms with Crippen LogP contribution in [-0.2, 0) is 11.2 Å². The largest absolute Gasteiger partial charge is 0.491 e. The number of anilines is 1. The Labute approximate surface area is 137 Å². The first-order valence-corrected chi connectivity index (χ1v) is 7.78. The zero-order valence-corrected chi connectivity index (χ0v) is 13.6. The molecule has 0 spiro atoms. The first-order valence-electron chi connectivity index (χ1n) is 7.78. The summed E-state index contributed by atoms with van der Waals surface area (Å²) in [6, 6.07) is 13.4. The Morgan fingerprint density at radius 2 is 1.87 bits per heavy atom. The molecule has 2 aromatic carbocycles. The number of hydrogen-bond acceptors (Lipinski definition) is 3. The summed E-state index contributed by atoms with van der Waals surface area (Å²) in [5.74, 6) is 0.668. The van der Waals surface area contributed by atoms with Crippen LogP contribution in [0.1, 0.15) is 23.1 Å². The maximum absolute atomic E-state index is 12.0. The molecule has 2 aromatic rings. The van der Waals surface area contributed by atoms with Crippen molar-refractivity contribution in [2.24, 2.45) is 0 Å². The number of carbonyl (C=O) groups is 1. The Hall–Kier alpha value is -2.33. The molecule has 0 bridgehead atoms. The number of benzene rings is 2. The number of aliphatic hydroxyl groups is 1. The summed E-state index contributed by atoms with van der Waals surface area (Å²) in [4.78, 5) is 12.0. The van der Waals surface area contributed by atoms with Crippen LogP contribution < -0.4 is 10.1 Å². The maximum Gasteiger partial charge on any atom is 0.224 e. The van der Waals surface area contributed by atoms with E-state index in [4.69, 9.17) is 9.84 Å². The van der Waals surface area contributed by atoms with Crippen LogP contribution in [0.2, 0.25) is 0 Å². The van der Waals surface area contributed by atoms with E-state index < -0.39 is 0 Å². The minimum atomic E-state index is -0.0169. The summed E-state index contributed by atoms with van der Waals surface area (Å²) in [5, 5.41) is 11.6. The van der Waals surface area contributed by atoms with Crippen LogP contribution in [-0.4, -0.2) is 24.2 Å². The molecule has 0 radical (unpaired) electrons. The van der Waals surface area contributed by atoms with E-state index in [0.29, 0.717) is 12.2 Å². The zero-order chi connectivity index (χ0) is 16.7. The van der Waals surface area contributed by atoms with Gasteiger partial charge in [0.1, 0.15) is 12.4 Å². The van der Waals surface area contributed by atoms with Gasteiger partial charge in [0.25, 0.3) is 0 Å². The molecular weight excluding hydrogens is 290 g/mol. The Morgan fingerprint density at radius 1 is 1.13 bits per heavy atom. The topological polar surface area (TPSA) is 58.6 Å². The van der Waals surface area contributed by atoms with E-state index in [-0.39, 0.29) is 19.1 Å². The van der Waals surface area contributed by atoms with Crippen molar-refractivity contribution in [3.05, 3.63) is 59.2 Å². The van der Waals surface area contributed by atoms with Gasteiger partial charge in [0.15, 0.2) is 0 Å². The Morgan fingerprint density at radius 3 is 2.52 bits per heavy atom. The van der Waals surface area contributed by atoms with Crippen LogP contribution in [0.5, 0.6) is 5.75 Å². The molecular formula is C19H23NO3. The van der Waals surface area contributed by atoms with Gasteiger partial charge in [0.2, 0.25) is 5.91 Å². The lowest BCUT2D eigenvalue weighted by molar-refractivity contribution is -0.116. The lowest BCUT2D eigenvalue weighted by Gasteiger charge is -2.09. The van der Waals surface area contributed by atoms with E-state index in [2.05, 4.69) is 37.4 Å². The van der Waals surface area contributed by atoms with Gasteiger partial charge in [-0.3, -0.25) is 4.79 Å². The molecule has 0 aliphatic rings. The average Bonchev–Trinajstić information content (AvgIpc) is 2.53. The highest BCUT2D eigenvalue weighted by Crippen LogP contribution is 2.17. The highest BCUT2D eigenvalue weighted by molar-refractivity contribution is 5.90. The normalized spacial score (nSPS) is 10.4. The van der Waals surface area contributed by atoms with Crippen LogP contribution in [0.4, 0.5) is 5.69 Å². The second kappa shape index (κ2) is 8.34. The molecule has 0 saturated heterocycles. The Balaban J connectivity index is 1.84. The molecule has 1 amide bonds. The van der Waals surface area contributed by atoms with E-state index >= 15 is 0 Å². The molecule has 0 aliphatic carbocycles. The summed E-state index contributed by atoms with van der Waals surface area (Å²) >= 11 is 0. The number of amides is 1. The standard InChI is InChI=1S/C19H23NO3/c1-14-3-4-16(15(2)13-14)5-10-19(22)20-17-6-8-18(9-7-17)23-12-11-21/h3-4,6-9,13,21H,5,10-12H2,1-2H3,(H,20,22). The number of ether oxygens (including phenoxy) is 1. The van der Waals surface area contributed by atoms with Gasteiger partial charge >= 0.3 is 0 Å². The second-order valence-corrected chi connectivity index (χ2v) is 5.57. The molecule has 0 heterocycles. The van der Waals surface area contributed by atoms with E-state index in [1.807, 2.05) is 0 Å². The number of carbonyl (C=O) groups excluding carboxylic acids is 1. The molecule has 2 N–H and O–H groups in total. The Bertz CT molecular complexity index is 650. The van der Waals surface area contributed by atoms with Crippen LogP contribution >= 0.6 is 0 Å². The number of aliphatic hydroxyl groups excluding tert-OH is 1. The third-order valence-electron chi connectivity index (χ3n) is 3.62. The number of hydrogen-bond donors (Lipinski definition) is 2. The van der Waals surface area contributed by atoms with Crippen LogP contribution in [0.15, 0.2) is 42.5 Å². The van der Waals surface area contributed by atoms with Gasteiger partial charge in [-0.2, -0.15) is 0 Å². The molecule has 4 heteroatoms. The van der Waals surface area contributed by atoms with Crippen molar-refractivity contribution in [2.45, 2.75) is 26.7 Å². The van der Waals surface area contributed by atoms with Crippen molar-refractivity contribution in [1.82, 2.24) is 0 Å². The van der Waals surface area contributed by atoms with Gasteiger partial charge in [0.05, 0.1) is 6.61 Å². The van der Waals surface area contributed by atoms with Gasteiger partial charge < -0.3 is 15.2 Å². The lowest BCUT2D eigenvalue weighted by atomic mass is 10.0. The van der Waals surface area contributed by atoms with Crippen LogP contribution in [0.25, 0.3) is 0 Å². The molecule has 23 heavy (non-hydrogen) atoms. The van der Waals surface area contributed by atoms with Gasteiger partial charge in [-0.25, -0.2) is 0 Å². The minimum absolute atomic E-state index is 0.00555. The van der Waals surface area contributed by atoms with E-state index in [9.17, 15) is 4.79 Å². The molecule has 0 atom stereocenters. The number of rotatable bonds is 7. The molecule has 4 nitrogen and oxygen atoms in total. The quantitative estimate of drug-likeness (QED) is 0.825. The van der Waals surface area contributed by atoms with Crippen molar-refractivity contribution in [1.29, 1.82) is 0 Å². The summed E-state index contributed by atoms with van der Waals surface area (Å²) in [7, 11) is 0. The first-order chi connectivity index (χ1) is 11.1. The van der Waals surface area contributed by atoms with E-state index in [1.54, 1.807) is 24.3 Å². The first kappa shape index (κ1) is 17.0. The predicted octanol–water partition coefficient (Wildman–Crippen LogP) is 3.25. The fourth-order valence-electron chi connectivity index (χ4n) is 2.40. The van der Waals surface area contributed by atoms with Gasteiger partial charge in [-0.1, -0.05) is 23.8 Å². The third kappa shape index (κ3) is 5.42. The monoisotopic (exact) mass is 313 g/mol. The van der Waals surface area contributed by atoms with Crippen molar-refractivity contribution in [3.63, 3.8) is 0 Å². The van der Waals surface area contributed by atoms with Crippen molar-refractivity contribution >= 4 is 11.6 Å². The molecule has 2 rings (SSSR count). The fourth-order valence-corrected chi connectivity index (χ4v) is 2.40. The minimum Gasteiger partial charge on any atom is -0.491 e. The highest BCUT2D eigenvalue weighted by Gasteiger charge is 2.05. The van der Waals surface area contributed by atoms with Gasteiger partial charge in [-0.05, 0) is 55.7 Å². The number of nitrogens with one attached hydrogen (secondary N) is 1. The summed E-state index contributed by atoms with van der Waals surface area (Å²) in [6.07, 6.45) is 1.18. The molecule has 0 fully saturated rings. The smallest absolute Gasteiger partial charge is 0.224 e. The third-order valence-corrected chi connectivity index (χ3v) is 3.62. The molecule has 0 saturated carbocycles. The van der Waals surface area contributed by atoms with Crippen molar-refractivity contribution in [3.8, 4) is 5.75 Å². The SMILES string of the molecule is Cc1ccc(CCC(=O)Nc2ccc(OCCO)cc2)c(C)c1. The van der Waals surface area contributed by atoms with E-state index in [1.165, 1.54) is 16.7 Å². The number of aryl methyl sites for hydroxylation is 3. The van der Waals surface area contributed by atoms with Gasteiger partial charge in [0, 0.05) is 12.1 Å². The summed E-state index contributed by atoms with van der Waals surface area (Å²) in [6.45, 7) is 4.39.